The van der Waals surface area contributed by atoms with E-state index in [2.05, 4.69) is 10.2 Å². The largest absolute Gasteiger partial charge is 0.465 e. The number of nitrogens with zero attached hydrogens (tertiary/aromatic N) is 4. The van der Waals surface area contributed by atoms with Crippen LogP contribution in [-0.4, -0.2) is 38.1 Å². The van der Waals surface area contributed by atoms with E-state index in [0.717, 1.165) is 22.4 Å². The summed E-state index contributed by atoms with van der Waals surface area (Å²) in [6.45, 7) is 2.08. The summed E-state index contributed by atoms with van der Waals surface area (Å²) in [6, 6.07) is 29.2. The van der Waals surface area contributed by atoms with E-state index in [1.54, 1.807) is 11.5 Å². The van der Waals surface area contributed by atoms with Crippen molar-refractivity contribution >= 4 is 28.8 Å². The molecule has 178 valence electrons. The van der Waals surface area contributed by atoms with E-state index >= 15 is 0 Å². The van der Waals surface area contributed by atoms with Crippen molar-refractivity contribution in [1.82, 2.24) is 19.7 Å². The minimum Gasteiger partial charge on any atom is -0.465 e. The molecule has 0 unspecified atom stereocenters. The number of aromatic nitrogens is 4. The van der Waals surface area contributed by atoms with Crippen LogP contribution in [0, 0.1) is 5.41 Å². The first-order chi connectivity index (χ1) is 17.7. The van der Waals surface area contributed by atoms with Gasteiger partial charge in [0.25, 0.3) is 0 Å². The summed E-state index contributed by atoms with van der Waals surface area (Å²) in [6.07, 6.45) is 0. The molecule has 0 aliphatic rings. The summed E-state index contributed by atoms with van der Waals surface area (Å²) in [5.74, 6) is -0.273. The van der Waals surface area contributed by atoms with Gasteiger partial charge in [0.15, 0.2) is 10.8 Å². The van der Waals surface area contributed by atoms with Crippen molar-refractivity contribution in [2.45, 2.75) is 12.1 Å². The predicted octanol–water partition coefficient (Wildman–Crippen LogP) is 5.28. The Bertz CT molecular complexity index is 1570. The van der Waals surface area contributed by atoms with E-state index in [1.807, 2.05) is 91.0 Å². The highest BCUT2D eigenvalue weighted by Crippen LogP contribution is 2.34. The molecule has 8 heteroatoms. The molecule has 1 N–H and O–H groups in total. The van der Waals surface area contributed by atoms with Crippen molar-refractivity contribution in [2.75, 3.05) is 12.4 Å². The van der Waals surface area contributed by atoms with Crippen molar-refractivity contribution in [2.24, 2.45) is 0 Å². The summed E-state index contributed by atoms with van der Waals surface area (Å²) in [5.41, 5.74) is 4.60. The molecular weight excluding hydrogens is 470 g/mol. The highest BCUT2D eigenvalue weighted by Gasteiger charge is 2.21. The van der Waals surface area contributed by atoms with Crippen molar-refractivity contribution in [3.05, 3.63) is 96.5 Å². The van der Waals surface area contributed by atoms with E-state index < -0.39 is 0 Å². The predicted molar refractivity (Wildman–Crippen MR) is 141 cm³/mol. The van der Waals surface area contributed by atoms with Gasteiger partial charge in [0, 0.05) is 16.8 Å². The zero-order valence-corrected chi connectivity index (χ0v) is 20.4. The molecule has 0 saturated heterocycles. The molecular formula is C28H23N5O2S. The van der Waals surface area contributed by atoms with E-state index in [1.165, 1.54) is 11.8 Å². The number of carbonyl (C=O) groups excluding carboxylic acids is 1. The number of thioether (sulfide) groups is 1. The van der Waals surface area contributed by atoms with Crippen LogP contribution >= 0.6 is 11.8 Å². The molecule has 0 bridgehead atoms. The van der Waals surface area contributed by atoms with Crippen LogP contribution in [-0.2, 0) is 9.53 Å². The summed E-state index contributed by atoms with van der Waals surface area (Å²) in [7, 11) is 0. The number of benzene rings is 3. The highest BCUT2D eigenvalue weighted by molar-refractivity contribution is 7.99. The van der Waals surface area contributed by atoms with Gasteiger partial charge in [-0.1, -0.05) is 90.6 Å². The molecule has 0 aliphatic carbocycles. The number of fused-ring (bicyclic) bond motifs is 1. The van der Waals surface area contributed by atoms with Crippen LogP contribution in [0.15, 0.2) is 96.2 Å². The van der Waals surface area contributed by atoms with Crippen LogP contribution in [0.5, 0.6) is 0 Å². The Morgan fingerprint density at radius 2 is 1.50 bits per heavy atom. The van der Waals surface area contributed by atoms with E-state index in [-0.39, 0.29) is 17.2 Å². The van der Waals surface area contributed by atoms with Gasteiger partial charge in [-0.15, -0.1) is 10.2 Å². The smallest absolute Gasteiger partial charge is 0.316 e. The van der Waals surface area contributed by atoms with Gasteiger partial charge in [-0.2, -0.15) is 0 Å². The number of hydrogen-bond acceptors (Lipinski definition) is 7. The average molecular weight is 494 g/mol. The third-order valence-corrected chi connectivity index (χ3v) is 6.47. The first-order valence-corrected chi connectivity index (χ1v) is 12.5. The van der Waals surface area contributed by atoms with Crippen LogP contribution in [0.4, 0.5) is 0 Å². The molecule has 7 nitrogen and oxygen atoms in total. The quantitative estimate of drug-likeness (QED) is 0.188. The normalized spacial score (nSPS) is 10.9. The minimum atomic E-state index is -0.342. The number of hydrogen-bond donors (Lipinski definition) is 1. The molecule has 0 saturated carbocycles. The van der Waals surface area contributed by atoms with Gasteiger partial charge in [-0.3, -0.25) is 14.8 Å². The van der Waals surface area contributed by atoms with E-state index in [9.17, 15) is 10.2 Å². The number of ether oxygens (including phenoxy) is 1. The molecule has 5 rings (SSSR count). The van der Waals surface area contributed by atoms with E-state index in [0.29, 0.717) is 28.5 Å². The standard InChI is InChI=1S/C28H23N5O2S/c1-2-35-22(34)18-36-28-30-27-24(26(29)33(28)21-16-10-5-11-17-21)23(19-12-6-3-7-13-19)25(31-32-27)20-14-8-4-9-15-20/h3-17,29H,2,18H2,1H3. The van der Waals surface area contributed by atoms with Crippen molar-refractivity contribution in [3.63, 3.8) is 0 Å². The number of para-hydroxylation sites is 1. The lowest BCUT2D eigenvalue weighted by molar-refractivity contribution is -0.139. The van der Waals surface area contributed by atoms with Crippen molar-refractivity contribution in [3.8, 4) is 28.1 Å². The monoisotopic (exact) mass is 493 g/mol. The van der Waals surface area contributed by atoms with Gasteiger partial charge < -0.3 is 4.74 Å². The summed E-state index contributed by atoms with van der Waals surface area (Å²) in [4.78, 5) is 16.9. The zero-order chi connectivity index (χ0) is 24.9. The van der Waals surface area contributed by atoms with Gasteiger partial charge in [0.2, 0.25) is 0 Å². The Morgan fingerprint density at radius 1 is 0.889 bits per heavy atom. The maximum absolute atomic E-state index is 12.1. The second kappa shape index (κ2) is 10.5. The number of nitrogens with one attached hydrogen (secondary N) is 1. The fourth-order valence-corrected chi connectivity index (χ4v) is 4.81. The lowest BCUT2D eigenvalue weighted by atomic mass is 9.97. The lowest BCUT2D eigenvalue weighted by Crippen LogP contribution is -2.24. The van der Waals surface area contributed by atoms with Crippen LogP contribution < -0.4 is 5.49 Å². The maximum atomic E-state index is 12.1. The molecule has 2 aromatic heterocycles. The van der Waals surface area contributed by atoms with Gasteiger partial charge >= 0.3 is 5.97 Å². The van der Waals surface area contributed by atoms with Crippen molar-refractivity contribution < 1.29 is 9.53 Å². The molecule has 36 heavy (non-hydrogen) atoms. The van der Waals surface area contributed by atoms with Crippen LogP contribution in [0.2, 0.25) is 0 Å². The van der Waals surface area contributed by atoms with Crippen LogP contribution in [0.1, 0.15) is 6.92 Å². The molecule has 0 fully saturated rings. The Kier molecular flexibility index (Phi) is 6.86. The first kappa shape index (κ1) is 23.4. The summed E-state index contributed by atoms with van der Waals surface area (Å²) < 4.78 is 6.84. The Labute approximate surface area is 212 Å². The van der Waals surface area contributed by atoms with E-state index in [4.69, 9.17) is 9.72 Å². The fraction of sp³-hybridized carbons (Fsp3) is 0.107. The third kappa shape index (κ3) is 4.63. The maximum Gasteiger partial charge on any atom is 0.316 e. The van der Waals surface area contributed by atoms with Crippen LogP contribution in [0.25, 0.3) is 39.1 Å². The first-order valence-electron chi connectivity index (χ1n) is 11.5. The van der Waals surface area contributed by atoms with Gasteiger partial charge in [0.05, 0.1) is 17.7 Å². The van der Waals surface area contributed by atoms with Gasteiger partial charge in [0.1, 0.15) is 11.2 Å². The molecule has 0 aliphatic heterocycles. The summed E-state index contributed by atoms with van der Waals surface area (Å²) in [5, 5.41) is 19.4. The average Bonchev–Trinajstić information content (AvgIpc) is 2.93. The molecule has 0 radical (unpaired) electrons. The number of carbonyl (C=O) groups is 1. The Balaban J connectivity index is 1.82. The van der Waals surface area contributed by atoms with Gasteiger partial charge in [-0.25, -0.2) is 4.98 Å². The topological polar surface area (TPSA) is 93.8 Å². The third-order valence-electron chi connectivity index (χ3n) is 5.56. The molecule has 5 aromatic rings. The molecule has 0 atom stereocenters. The lowest BCUT2D eigenvalue weighted by Gasteiger charge is -2.17. The molecule has 3 aromatic carbocycles. The molecule has 2 heterocycles. The number of esters is 1. The Hall–Kier alpha value is -4.30. The SMILES string of the molecule is CCOC(=O)CSc1nc2nnc(-c3ccccc3)c(-c3ccccc3)c2c(=N)n1-c1ccccc1. The van der Waals surface area contributed by atoms with Crippen LogP contribution in [0.3, 0.4) is 0 Å². The molecule has 0 spiro atoms. The highest BCUT2D eigenvalue weighted by atomic mass is 32.2. The van der Waals surface area contributed by atoms with Crippen molar-refractivity contribution in [1.29, 1.82) is 5.41 Å². The zero-order valence-electron chi connectivity index (χ0n) is 19.6. The van der Waals surface area contributed by atoms with Gasteiger partial charge in [-0.05, 0) is 24.6 Å². The number of rotatable bonds is 7. The second-order valence-electron chi connectivity index (χ2n) is 7.86. The molecule has 0 amide bonds. The Morgan fingerprint density at radius 3 is 2.14 bits per heavy atom. The second-order valence-corrected chi connectivity index (χ2v) is 8.80. The minimum absolute atomic E-state index is 0.0691. The fourth-order valence-electron chi connectivity index (χ4n) is 4.00. The summed E-state index contributed by atoms with van der Waals surface area (Å²) >= 11 is 1.21.